The van der Waals surface area contributed by atoms with E-state index in [4.69, 9.17) is 0 Å². The van der Waals surface area contributed by atoms with Gasteiger partial charge in [-0.05, 0) is 51.3 Å². The molecule has 0 amide bonds. The zero-order valence-corrected chi connectivity index (χ0v) is 12.9. The summed E-state index contributed by atoms with van der Waals surface area (Å²) < 4.78 is 0. The summed E-state index contributed by atoms with van der Waals surface area (Å²) >= 11 is 0. The molecule has 1 unspecified atom stereocenters. The normalized spacial score (nSPS) is 22.5. The van der Waals surface area contributed by atoms with E-state index in [0.29, 0.717) is 6.04 Å². The molecule has 1 aliphatic heterocycles. The zero-order chi connectivity index (χ0) is 13.9. The van der Waals surface area contributed by atoms with Crippen molar-refractivity contribution in [2.75, 3.05) is 18.0 Å². The second-order valence-electron chi connectivity index (χ2n) is 6.51. The summed E-state index contributed by atoms with van der Waals surface area (Å²) in [7, 11) is 0. The van der Waals surface area contributed by atoms with Crippen molar-refractivity contribution in [2.45, 2.75) is 58.5 Å². The lowest BCUT2D eigenvalue weighted by Crippen LogP contribution is -2.61. The maximum absolute atomic E-state index is 3.61. The lowest BCUT2D eigenvalue weighted by Gasteiger charge is -2.44. The molecule has 0 bridgehead atoms. The number of anilines is 1. The van der Waals surface area contributed by atoms with Gasteiger partial charge in [0.1, 0.15) is 0 Å². The topological polar surface area (TPSA) is 15.3 Å². The van der Waals surface area contributed by atoms with Crippen LogP contribution in [0.5, 0.6) is 0 Å². The molecule has 1 heterocycles. The Kier molecular flexibility index (Phi) is 4.51. The molecule has 0 saturated carbocycles. The van der Waals surface area contributed by atoms with Crippen molar-refractivity contribution in [3.63, 3.8) is 0 Å². The van der Waals surface area contributed by atoms with E-state index in [0.717, 1.165) is 13.1 Å². The van der Waals surface area contributed by atoms with Crippen LogP contribution in [0.1, 0.15) is 46.1 Å². The summed E-state index contributed by atoms with van der Waals surface area (Å²) in [6.07, 6.45) is 3.76. The smallest absolute Gasteiger partial charge is 0.0387 e. The molecule has 2 heteroatoms. The van der Waals surface area contributed by atoms with Crippen molar-refractivity contribution in [1.82, 2.24) is 5.32 Å². The molecule has 1 atom stereocenters. The van der Waals surface area contributed by atoms with Gasteiger partial charge in [-0.1, -0.05) is 25.5 Å². The Morgan fingerprint density at radius 3 is 2.58 bits per heavy atom. The predicted molar refractivity (Wildman–Crippen MR) is 83.9 cm³/mol. The Balaban J connectivity index is 2.07. The van der Waals surface area contributed by atoms with Crippen LogP contribution >= 0.6 is 0 Å². The molecule has 0 aromatic heterocycles. The minimum atomic E-state index is 0.202. The van der Waals surface area contributed by atoms with Crippen LogP contribution in [0.25, 0.3) is 0 Å². The highest BCUT2D eigenvalue weighted by atomic mass is 15.2. The number of unbranched alkanes of at least 4 members (excludes halogenated alkanes) is 1. The summed E-state index contributed by atoms with van der Waals surface area (Å²) in [5, 5.41) is 3.61. The predicted octanol–water partition coefficient (Wildman–Crippen LogP) is 3.61. The molecule has 1 N–H and O–H groups in total. The van der Waals surface area contributed by atoms with E-state index in [1.807, 2.05) is 0 Å². The number of hydrogen-bond donors (Lipinski definition) is 1. The van der Waals surface area contributed by atoms with Gasteiger partial charge in [0.25, 0.3) is 0 Å². The van der Waals surface area contributed by atoms with Crippen LogP contribution in [0.3, 0.4) is 0 Å². The first-order valence-corrected chi connectivity index (χ1v) is 7.62. The maximum atomic E-state index is 3.61. The number of nitrogens with zero attached hydrogens (tertiary/aromatic N) is 1. The molecule has 1 aromatic rings. The summed E-state index contributed by atoms with van der Waals surface area (Å²) in [5.74, 6) is 0. The van der Waals surface area contributed by atoms with Crippen molar-refractivity contribution >= 4 is 5.69 Å². The molecule has 2 rings (SSSR count). The Morgan fingerprint density at radius 2 is 1.95 bits per heavy atom. The largest absolute Gasteiger partial charge is 0.366 e. The van der Waals surface area contributed by atoms with Crippen LogP contribution in [0.2, 0.25) is 0 Å². The van der Waals surface area contributed by atoms with E-state index in [1.54, 1.807) is 0 Å². The highest BCUT2D eigenvalue weighted by molar-refractivity contribution is 5.49. The van der Waals surface area contributed by atoms with Crippen molar-refractivity contribution in [3.05, 3.63) is 29.8 Å². The van der Waals surface area contributed by atoms with Gasteiger partial charge < -0.3 is 10.2 Å². The number of rotatable bonds is 4. The molecule has 0 radical (unpaired) electrons. The molecule has 1 aliphatic rings. The van der Waals surface area contributed by atoms with Crippen molar-refractivity contribution in [2.24, 2.45) is 0 Å². The second-order valence-corrected chi connectivity index (χ2v) is 6.51. The first kappa shape index (κ1) is 14.4. The van der Waals surface area contributed by atoms with Crippen molar-refractivity contribution < 1.29 is 0 Å². The fourth-order valence-corrected chi connectivity index (χ4v) is 2.75. The Bertz CT molecular complexity index is 394. The van der Waals surface area contributed by atoms with E-state index in [-0.39, 0.29) is 5.54 Å². The first-order chi connectivity index (χ1) is 9.02. The number of nitrogens with one attached hydrogen (secondary N) is 1. The molecular formula is C17H28N2. The van der Waals surface area contributed by atoms with Gasteiger partial charge in [-0.2, -0.15) is 0 Å². The van der Waals surface area contributed by atoms with Gasteiger partial charge in [0.15, 0.2) is 0 Å². The molecule has 1 saturated heterocycles. The fourth-order valence-electron chi connectivity index (χ4n) is 2.75. The van der Waals surface area contributed by atoms with Crippen molar-refractivity contribution in [3.8, 4) is 0 Å². The molecule has 2 nitrogen and oxygen atoms in total. The third kappa shape index (κ3) is 3.73. The Hall–Kier alpha value is -1.02. The molecule has 106 valence electrons. The third-order valence-electron chi connectivity index (χ3n) is 4.06. The summed E-state index contributed by atoms with van der Waals surface area (Å²) in [6, 6.07) is 9.75. The number of aryl methyl sites for hydroxylation is 1. The summed E-state index contributed by atoms with van der Waals surface area (Å²) in [4.78, 5) is 2.53. The van der Waals surface area contributed by atoms with E-state index < -0.39 is 0 Å². The molecule has 0 aliphatic carbocycles. The molecule has 1 fully saturated rings. The highest BCUT2D eigenvalue weighted by Gasteiger charge is 2.30. The SMILES string of the molecule is CCCCc1ccc(N2CC(C)(C)NCC2C)cc1. The number of hydrogen-bond acceptors (Lipinski definition) is 2. The van der Waals surface area contributed by atoms with Gasteiger partial charge >= 0.3 is 0 Å². The van der Waals surface area contributed by atoms with Crippen molar-refractivity contribution in [1.29, 1.82) is 0 Å². The Labute approximate surface area is 118 Å². The first-order valence-electron chi connectivity index (χ1n) is 7.62. The third-order valence-corrected chi connectivity index (χ3v) is 4.06. The number of piperazine rings is 1. The monoisotopic (exact) mass is 260 g/mol. The average molecular weight is 260 g/mol. The van der Waals surface area contributed by atoms with Crippen LogP contribution in [0, 0.1) is 0 Å². The van der Waals surface area contributed by atoms with Crippen LogP contribution in [0.4, 0.5) is 5.69 Å². The number of benzene rings is 1. The standard InChI is InChI=1S/C17H28N2/c1-5-6-7-15-8-10-16(11-9-15)19-13-17(3,4)18-12-14(19)2/h8-11,14,18H,5-7,12-13H2,1-4H3. The summed E-state index contributed by atoms with van der Waals surface area (Å²) in [6.45, 7) is 11.2. The van der Waals surface area contributed by atoms with E-state index in [9.17, 15) is 0 Å². The van der Waals surface area contributed by atoms with Crippen LogP contribution in [-0.4, -0.2) is 24.7 Å². The lowest BCUT2D eigenvalue weighted by molar-refractivity contribution is 0.318. The maximum Gasteiger partial charge on any atom is 0.0387 e. The fraction of sp³-hybridized carbons (Fsp3) is 0.647. The Morgan fingerprint density at radius 1 is 1.26 bits per heavy atom. The summed E-state index contributed by atoms with van der Waals surface area (Å²) in [5.41, 5.74) is 3.03. The van der Waals surface area contributed by atoms with Gasteiger partial charge in [0, 0.05) is 30.4 Å². The molecule has 19 heavy (non-hydrogen) atoms. The molecule has 1 aromatic carbocycles. The lowest BCUT2D eigenvalue weighted by atomic mass is 9.98. The quantitative estimate of drug-likeness (QED) is 0.889. The molecular weight excluding hydrogens is 232 g/mol. The highest BCUT2D eigenvalue weighted by Crippen LogP contribution is 2.24. The van der Waals surface area contributed by atoms with Gasteiger partial charge in [0.2, 0.25) is 0 Å². The van der Waals surface area contributed by atoms with Crippen LogP contribution in [-0.2, 0) is 6.42 Å². The minimum absolute atomic E-state index is 0.202. The van der Waals surface area contributed by atoms with E-state index in [1.165, 1.54) is 30.5 Å². The van der Waals surface area contributed by atoms with E-state index in [2.05, 4.69) is 62.2 Å². The van der Waals surface area contributed by atoms with Gasteiger partial charge in [-0.15, -0.1) is 0 Å². The van der Waals surface area contributed by atoms with Gasteiger partial charge in [-0.3, -0.25) is 0 Å². The average Bonchev–Trinajstić information content (AvgIpc) is 2.40. The molecule has 0 spiro atoms. The second kappa shape index (κ2) is 5.96. The van der Waals surface area contributed by atoms with E-state index >= 15 is 0 Å². The van der Waals surface area contributed by atoms with Gasteiger partial charge in [-0.25, -0.2) is 0 Å². The van der Waals surface area contributed by atoms with Crippen LogP contribution in [0.15, 0.2) is 24.3 Å². The van der Waals surface area contributed by atoms with Crippen LogP contribution < -0.4 is 10.2 Å². The zero-order valence-electron chi connectivity index (χ0n) is 12.9. The van der Waals surface area contributed by atoms with Gasteiger partial charge in [0.05, 0.1) is 0 Å². The minimum Gasteiger partial charge on any atom is -0.366 e.